The number of ether oxygens (including phenoxy) is 2. The minimum absolute atomic E-state index is 0.126. The van der Waals surface area contributed by atoms with Gasteiger partial charge < -0.3 is 19.8 Å². The van der Waals surface area contributed by atoms with Gasteiger partial charge in [0.1, 0.15) is 5.75 Å². The molecule has 0 aliphatic heterocycles. The molecule has 7 nitrogen and oxygen atoms in total. The van der Waals surface area contributed by atoms with Crippen LogP contribution >= 0.6 is 0 Å². The third-order valence-corrected chi connectivity index (χ3v) is 3.72. The number of aliphatic hydroxyl groups is 1. The second-order valence-corrected chi connectivity index (χ2v) is 5.37. The number of hydrogen-bond acceptors (Lipinski definition) is 6. The summed E-state index contributed by atoms with van der Waals surface area (Å²) in [4.78, 5) is 20.1. The highest BCUT2D eigenvalue weighted by atomic mass is 16.6. The first-order chi connectivity index (χ1) is 13.1. The molecule has 7 heteroatoms. The molecule has 1 atom stereocenters. The number of aliphatic hydroxyl groups excluding tert-OH is 1. The van der Waals surface area contributed by atoms with E-state index in [0.717, 1.165) is 22.1 Å². The monoisotopic (exact) mass is 379 g/mol. The van der Waals surface area contributed by atoms with Gasteiger partial charge in [-0.15, -0.1) is 4.91 Å². The van der Waals surface area contributed by atoms with E-state index in [1.54, 1.807) is 7.11 Å². The van der Waals surface area contributed by atoms with Crippen LogP contribution in [-0.2, 0) is 9.53 Å². The van der Waals surface area contributed by atoms with Gasteiger partial charge in [-0.3, -0.25) is 4.79 Å². The van der Waals surface area contributed by atoms with Crippen LogP contribution in [0, 0.1) is 4.91 Å². The summed E-state index contributed by atoms with van der Waals surface area (Å²) < 4.78 is 10.4. The van der Waals surface area contributed by atoms with Crippen LogP contribution in [0.2, 0.25) is 0 Å². The molecule has 0 saturated carbocycles. The fourth-order valence-electron chi connectivity index (χ4n) is 2.29. The number of benzene rings is 2. The minimum atomic E-state index is -0.305. The van der Waals surface area contributed by atoms with E-state index in [2.05, 4.69) is 0 Å². The molecular formula is C20H29NO6. The molecule has 0 aromatic heterocycles. The molecule has 2 rings (SSSR count). The Morgan fingerprint density at radius 3 is 2.30 bits per heavy atom. The van der Waals surface area contributed by atoms with Gasteiger partial charge in [0, 0.05) is 6.61 Å². The van der Waals surface area contributed by atoms with Crippen LogP contribution in [-0.4, -0.2) is 36.6 Å². The van der Waals surface area contributed by atoms with Crippen molar-refractivity contribution in [3.05, 3.63) is 46.9 Å². The van der Waals surface area contributed by atoms with Crippen LogP contribution < -0.4 is 4.74 Å². The molecule has 2 aromatic carbocycles. The van der Waals surface area contributed by atoms with E-state index in [1.807, 2.05) is 57.2 Å². The van der Waals surface area contributed by atoms with Crippen molar-refractivity contribution in [2.24, 2.45) is 5.34 Å². The minimum Gasteiger partial charge on any atom is -0.497 e. The molecule has 0 fully saturated rings. The third-order valence-electron chi connectivity index (χ3n) is 3.72. The van der Waals surface area contributed by atoms with Crippen LogP contribution in [0.1, 0.15) is 45.1 Å². The Hall–Kier alpha value is -2.67. The highest BCUT2D eigenvalue weighted by Gasteiger charge is 2.17. The van der Waals surface area contributed by atoms with E-state index < -0.39 is 0 Å². The number of methoxy groups -OCH3 is 1. The van der Waals surface area contributed by atoms with Gasteiger partial charge in [0.25, 0.3) is 0 Å². The smallest absolute Gasteiger partial charge is 0.313 e. The van der Waals surface area contributed by atoms with Gasteiger partial charge in [-0.1, -0.05) is 38.1 Å². The summed E-state index contributed by atoms with van der Waals surface area (Å²) in [5, 5.41) is 18.7. The quantitative estimate of drug-likeness (QED) is 0.319. The molecule has 0 radical (unpaired) electrons. The SMILES string of the molecule is CC.COc1ccc2cc([C@H](C)C(=O)OCCCCO)ccc2c1.O=NO. The lowest BCUT2D eigenvalue weighted by molar-refractivity contribution is -0.145. The molecule has 27 heavy (non-hydrogen) atoms. The van der Waals surface area contributed by atoms with E-state index in [4.69, 9.17) is 24.7 Å². The van der Waals surface area contributed by atoms with Gasteiger partial charge in [0.15, 0.2) is 5.34 Å². The fourth-order valence-corrected chi connectivity index (χ4v) is 2.29. The molecule has 0 aliphatic rings. The van der Waals surface area contributed by atoms with Crippen molar-refractivity contribution in [2.45, 2.75) is 39.5 Å². The Kier molecular flexibility index (Phi) is 13.1. The maximum absolute atomic E-state index is 12.0. The number of carbonyl (C=O) groups is 1. The van der Waals surface area contributed by atoms with E-state index in [1.165, 1.54) is 5.34 Å². The van der Waals surface area contributed by atoms with Gasteiger partial charge in [0.2, 0.25) is 0 Å². The zero-order valence-corrected chi connectivity index (χ0v) is 16.3. The Morgan fingerprint density at radius 2 is 1.70 bits per heavy atom. The normalized spacial score (nSPS) is 10.6. The molecule has 0 aliphatic carbocycles. The topological polar surface area (TPSA) is 105 Å². The first-order valence-corrected chi connectivity index (χ1v) is 8.89. The number of nitrogens with zero attached hydrogens (tertiary/aromatic N) is 1. The molecule has 0 heterocycles. The van der Waals surface area contributed by atoms with Crippen molar-refractivity contribution in [1.82, 2.24) is 0 Å². The Bertz CT molecular complexity index is 689. The second kappa shape index (κ2) is 14.5. The van der Waals surface area contributed by atoms with E-state index in [-0.39, 0.29) is 18.5 Å². The van der Waals surface area contributed by atoms with E-state index >= 15 is 0 Å². The summed E-state index contributed by atoms with van der Waals surface area (Å²) in [6.07, 6.45) is 1.34. The van der Waals surface area contributed by atoms with E-state index in [9.17, 15) is 4.79 Å². The largest absolute Gasteiger partial charge is 0.497 e. The lowest BCUT2D eigenvalue weighted by Crippen LogP contribution is -2.14. The molecule has 0 amide bonds. The fraction of sp³-hybridized carbons (Fsp3) is 0.450. The second-order valence-electron chi connectivity index (χ2n) is 5.37. The molecule has 150 valence electrons. The lowest BCUT2D eigenvalue weighted by atomic mass is 9.98. The van der Waals surface area contributed by atoms with Crippen molar-refractivity contribution in [1.29, 1.82) is 0 Å². The molecule has 0 bridgehead atoms. The van der Waals surface area contributed by atoms with Crippen LogP contribution in [0.15, 0.2) is 41.7 Å². The zero-order valence-electron chi connectivity index (χ0n) is 16.3. The van der Waals surface area contributed by atoms with Crippen molar-refractivity contribution in [3.63, 3.8) is 0 Å². The van der Waals surface area contributed by atoms with Gasteiger partial charge in [-0.25, -0.2) is 0 Å². The predicted octanol–water partition coefficient (Wildman–Crippen LogP) is 4.44. The van der Waals surface area contributed by atoms with Gasteiger partial charge in [-0.05, 0) is 48.2 Å². The first kappa shape index (κ1) is 24.3. The van der Waals surface area contributed by atoms with Crippen LogP contribution in [0.25, 0.3) is 10.8 Å². The number of esters is 1. The van der Waals surface area contributed by atoms with Crippen LogP contribution in [0.4, 0.5) is 0 Å². The van der Waals surface area contributed by atoms with Crippen LogP contribution in [0.3, 0.4) is 0 Å². The number of rotatable bonds is 7. The van der Waals surface area contributed by atoms with Gasteiger partial charge in [0.05, 0.1) is 19.6 Å². The number of hydrogen-bond donors (Lipinski definition) is 2. The maximum Gasteiger partial charge on any atom is 0.313 e. The van der Waals surface area contributed by atoms with Crippen molar-refractivity contribution in [2.75, 3.05) is 20.3 Å². The zero-order chi connectivity index (χ0) is 20.7. The summed E-state index contributed by atoms with van der Waals surface area (Å²) >= 11 is 0. The maximum atomic E-state index is 12.0. The average molecular weight is 379 g/mol. The highest BCUT2D eigenvalue weighted by molar-refractivity contribution is 5.86. The van der Waals surface area contributed by atoms with Crippen LogP contribution in [0.5, 0.6) is 5.75 Å². The molecule has 2 aromatic rings. The molecule has 0 spiro atoms. The summed E-state index contributed by atoms with van der Waals surface area (Å²) in [7, 11) is 1.64. The van der Waals surface area contributed by atoms with Crippen molar-refractivity contribution >= 4 is 16.7 Å². The summed E-state index contributed by atoms with van der Waals surface area (Å²) in [6, 6.07) is 11.8. The lowest BCUT2D eigenvalue weighted by Gasteiger charge is -2.13. The number of carbonyl (C=O) groups excluding carboxylic acids is 1. The molecule has 0 saturated heterocycles. The Labute approximate surface area is 159 Å². The molecule has 0 unspecified atom stereocenters. The summed E-state index contributed by atoms with van der Waals surface area (Å²) in [5.41, 5.74) is 0.935. The average Bonchev–Trinajstić information content (AvgIpc) is 2.71. The molecule has 2 N–H and O–H groups in total. The van der Waals surface area contributed by atoms with E-state index in [0.29, 0.717) is 19.4 Å². The Balaban J connectivity index is 0.00000123. The predicted molar refractivity (Wildman–Crippen MR) is 105 cm³/mol. The molecular weight excluding hydrogens is 350 g/mol. The summed E-state index contributed by atoms with van der Waals surface area (Å²) in [5.74, 6) is 0.281. The van der Waals surface area contributed by atoms with Gasteiger partial charge in [-0.2, -0.15) is 0 Å². The van der Waals surface area contributed by atoms with Gasteiger partial charge >= 0.3 is 5.97 Å². The third kappa shape index (κ3) is 8.50. The summed E-state index contributed by atoms with van der Waals surface area (Å²) in [6.45, 7) is 6.33. The standard InChI is InChI=1S/C18H22O4.C2H6.HNO2/c1-13(18(20)22-10-4-3-9-19)14-5-6-16-12-17(21-2)8-7-15(16)11-14;1-2;2-1-3/h5-8,11-13,19H,3-4,9-10H2,1-2H3;1-2H3;(H,2,3)/t13-;;/m0../s1. The number of fused-ring (bicyclic) bond motifs is 1. The van der Waals surface area contributed by atoms with Crippen molar-refractivity contribution < 1.29 is 24.6 Å². The Morgan fingerprint density at radius 1 is 1.11 bits per heavy atom. The van der Waals surface area contributed by atoms with Crippen molar-refractivity contribution in [3.8, 4) is 5.75 Å². The first-order valence-electron chi connectivity index (χ1n) is 8.89. The highest BCUT2D eigenvalue weighted by Crippen LogP contribution is 2.25. The number of unbranched alkanes of at least 4 members (excludes halogenated alkanes) is 1.